The molecule has 66 heavy (non-hydrogen) atoms. The quantitative estimate of drug-likeness (QED) is 0.110. The van der Waals surface area contributed by atoms with Crippen LogP contribution in [-0.2, 0) is 38.0 Å². The molecule has 0 spiro atoms. The van der Waals surface area contributed by atoms with E-state index in [1.807, 2.05) is 0 Å². The zero-order chi connectivity index (χ0) is 48.4. The van der Waals surface area contributed by atoms with Crippen molar-refractivity contribution in [3.63, 3.8) is 0 Å². The molecular formula is C48H76O18. The predicted molar refractivity (Wildman–Crippen MR) is 230 cm³/mol. The molecule has 3 saturated heterocycles. The van der Waals surface area contributed by atoms with Crippen LogP contribution in [0.5, 0.6) is 0 Å². The highest BCUT2D eigenvalue weighted by Crippen LogP contribution is 2.77. The van der Waals surface area contributed by atoms with Crippen molar-refractivity contribution in [2.24, 2.45) is 56.7 Å². The molecule has 0 aromatic heterocycles. The second-order valence-electron chi connectivity index (χ2n) is 23.0. The molecule has 3 aliphatic heterocycles. The first-order chi connectivity index (χ1) is 30.8. The molecule has 0 amide bonds. The smallest absolute Gasteiger partial charge is 0.335 e. The van der Waals surface area contributed by atoms with E-state index < -0.39 is 128 Å². The van der Waals surface area contributed by atoms with Gasteiger partial charge in [-0.15, -0.1) is 0 Å². The van der Waals surface area contributed by atoms with Crippen LogP contribution in [0.15, 0.2) is 12.2 Å². The topological polar surface area (TPSA) is 292 Å². The molecular weight excluding hydrogens is 865 g/mol. The number of hydrogen-bond acceptors (Lipinski definition) is 16. The van der Waals surface area contributed by atoms with E-state index in [2.05, 4.69) is 48.1 Å². The number of aliphatic hydroxyl groups excluding tert-OH is 8. The molecule has 8 fully saturated rings. The molecule has 3 heterocycles. The van der Waals surface area contributed by atoms with Gasteiger partial charge in [-0.25, -0.2) is 4.79 Å². The van der Waals surface area contributed by atoms with Gasteiger partial charge in [0.05, 0.1) is 24.2 Å². The van der Waals surface area contributed by atoms with E-state index in [9.17, 15) is 60.7 Å². The van der Waals surface area contributed by atoms with E-state index in [-0.39, 0.29) is 39.9 Å². The van der Waals surface area contributed by atoms with Crippen LogP contribution in [-0.4, -0.2) is 168 Å². The summed E-state index contributed by atoms with van der Waals surface area (Å²) in [5.74, 6) is -1.31. The van der Waals surface area contributed by atoms with Crippen LogP contribution in [0.2, 0.25) is 0 Å². The lowest BCUT2D eigenvalue weighted by Gasteiger charge is -2.73. The van der Waals surface area contributed by atoms with E-state index >= 15 is 0 Å². The van der Waals surface area contributed by atoms with Crippen LogP contribution in [0.1, 0.15) is 113 Å². The summed E-state index contributed by atoms with van der Waals surface area (Å²) in [6, 6.07) is 0. The van der Waals surface area contributed by atoms with Gasteiger partial charge in [0.1, 0.15) is 61.0 Å². The van der Waals surface area contributed by atoms with Crippen molar-refractivity contribution in [2.45, 2.75) is 211 Å². The molecule has 8 rings (SSSR count). The third-order valence-corrected chi connectivity index (χ3v) is 19.7. The molecule has 5 aliphatic carbocycles. The van der Waals surface area contributed by atoms with Crippen molar-refractivity contribution in [3.8, 4) is 0 Å². The molecule has 0 radical (unpaired) electrons. The van der Waals surface area contributed by atoms with Gasteiger partial charge >= 0.3 is 11.9 Å². The van der Waals surface area contributed by atoms with Crippen LogP contribution in [0.3, 0.4) is 0 Å². The number of rotatable bonds is 10. The van der Waals surface area contributed by atoms with Gasteiger partial charge in [-0.3, -0.25) is 4.79 Å². The number of aliphatic hydroxyl groups is 8. The van der Waals surface area contributed by atoms with E-state index in [4.69, 9.17) is 28.4 Å². The minimum absolute atomic E-state index is 0.0470. The Morgan fingerprint density at radius 3 is 1.89 bits per heavy atom. The number of carbonyl (C=O) groups is 2. The van der Waals surface area contributed by atoms with Crippen molar-refractivity contribution in [3.05, 3.63) is 12.2 Å². The average Bonchev–Trinajstić information content (AvgIpc) is 3.66. The maximum atomic E-state index is 13.2. The maximum Gasteiger partial charge on any atom is 0.335 e. The molecule has 10 N–H and O–H groups in total. The van der Waals surface area contributed by atoms with Crippen LogP contribution in [0.4, 0.5) is 0 Å². The van der Waals surface area contributed by atoms with Gasteiger partial charge in [-0.05, 0) is 129 Å². The van der Waals surface area contributed by atoms with Crippen LogP contribution in [0, 0.1) is 56.7 Å². The minimum Gasteiger partial charge on any atom is -0.481 e. The van der Waals surface area contributed by atoms with Crippen LogP contribution < -0.4 is 0 Å². The summed E-state index contributed by atoms with van der Waals surface area (Å²) in [5.41, 5.74) is -0.518. The van der Waals surface area contributed by atoms with E-state index in [1.54, 1.807) is 0 Å². The van der Waals surface area contributed by atoms with E-state index in [0.717, 1.165) is 50.5 Å². The van der Waals surface area contributed by atoms with E-state index in [0.29, 0.717) is 25.2 Å². The molecule has 18 nitrogen and oxygen atoms in total. The number of carboxylic acids is 2. The largest absolute Gasteiger partial charge is 0.481 e. The van der Waals surface area contributed by atoms with Gasteiger partial charge in [-0.1, -0.05) is 46.8 Å². The molecule has 376 valence electrons. The summed E-state index contributed by atoms with van der Waals surface area (Å²) in [7, 11) is 0. The van der Waals surface area contributed by atoms with Crippen LogP contribution in [0.25, 0.3) is 0 Å². The number of allylic oxidation sites excluding steroid dienone is 1. The predicted octanol–water partition coefficient (Wildman–Crippen LogP) is 1.68. The van der Waals surface area contributed by atoms with Crippen molar-refractivity contribution < 1.29 is 89.1 Å². The Morgan fingerprint density at radius 2 is 1.27 bits per heavy atom. The second kappa shape index (κ2) is 17.8. The number of carboxylic acid groups (broad SMARTS) is 2. The average molecular weight is 941 g/mol. The Bertz CT molecular complexity index is 1830. The molecule has 5 saturated carbocycles. The van der Waals surface area contributed by atoms with E-state index in [1.165, 1.54) is 6.92 Å². The Labute approximate surface area is 386 Å². The lowest BCUT2D eigenvalue weighted by atomic mass is 9.32. The third kappa shape index (κ3) is 7.57. The van der Waals surface area contributed by atoms with Crippen LogP contribution >= 0.6 is 0 Å². The Morgan fingerprint density at radius 1 is 0.636 bits per heavy atom. The lowest BCUT2D eigenvalue weighted by Crippen LogP contribution is -2.68. The SMILES string of the molecule is C=C(C)[C@@H]1CC[C@]2(C(=O)O)CC[C@]3(C)C(CC[C@@H]4[C@@]5(C)CC[C@H](O[C@@H]6O[C@H](C(=O)O)[C@@H](O)[C@H](O)[C@H]6O[C@@H]6O[C@H](CO)[C@@H](O)[C@H](O)[C@H]6O[C@@H]6O[C@@H](C)[C@H](O)[C@@H](O)[C@H]6O)C(C)(C)C5CC[C@]43C)C12. The summed E-state index contributed by atoms with van der Waals surface area (Å²) in [4.78, 5) is 25.6. The summed E-state index contributed by atoms with van der Waals surface area (Å²) in [6.45, 7) is 18.6. The first kappa shape index (κ1) is 50.5. The molecule has 18 heteroatoms. The first-order valence-electron chi connectivity index (χ1n) is 24.2. The standard InChI is InChI=1S/C48H76O18/c1-20(2)22-11-16-48(43(59)60)18-17-46(7)23(28(22)48)9-10-26-45(6)14-13-27(44(4,5)25(45)12-15-47(26,46)8)63-42-38(34(55)33(54)36(64-42)39(57)58)66-41-37(32(53)30(51)24(19-49)62-41)65-40-35(56)31(52)29(50)21(3)61-40/h21-38,40-42,49-56H,1,9-19H2,2-8H3,(H,57,58)(H,59,60)/t21-,22-,23?,24+,25?,26+,27-,28?,29-,30+,31+,32-,33-,34-,35+,36-,37+,38+,40-,41-,42+,45-,46+,47+,48-/m0/s1. The number of fused-ring (bicyclic) bond motifs is 7. The number of ether oxygens (including phenoxy) is 6. The van der Waals surface area contributed by atoms with Gasteiger partial charge in [0.2, 0.25) is 0 Å². The normalized spacial score (nSPS) is 54.6. The molecule has 25 atom stereocenters. The minimum atomic E-state index is -2.04. The Hall–Kier alpha value is -1.88. The highest BCUT2D eigenvalue weighted by atomic mass is 16.8. The summed E-state index contributed by atoms with van der Waals surface area (Å²) in [5, 5.41) is 107. The second-order valence-corrected chi connectivity index (χ2v) is 23.0. The monoisotopic (exact) mass is 941 g/mol. The zero-order valence-electron chi connectivity index (χ0n) is 39.3. The fourth-order valence-corrected chi connectivity index (χ4v) is 15.9. The Balaban J connectivity index is 1.05. The molecule has 3 unspecified atom stereocenters. The lowest BCUT2D eigenvalue weighted by molar-refractivity contribution is -0.395. The maximum absolute atomic E-state index is 13.2. The zero-order valence-corrected chi connectivity index (χ0v) is 39.3. The highest BCUT2D eigenvalue weighted by Gasteiger charge is 2.72. The van der Waals surface area contributed by atoms with Gasteiger partial charge in [-0.2, -0.15) is 0 Å². The van der Waals surface area contributed by atoms with Gasteiger partial charge in [0.15, 0.2) is 25.0 Å². The van der Waals surface area contributed by atoms with Crippen molar-refractivity contribution in [1.29, 1.82) is 0 Å². The number of hydrogen-bond donors (Lipinski definition) is 10. The van der Waals surface area contributed by atoms with Gasteiger partial charge in [0, 0.05) is 0 Å². The fraction of sp³-hybridized carbons (Fsp3) is 0.917. The summed E-state index contributed by atoms with van der Waals surface area (Å²) in [6.07, 6.45) is -18.4. The molecule has 0 aromatic carbocycles. The van der Waals surface area contributed by atoms with Crippen molar-refractivity contribution >= 4 is 11.9 Å². The number of aliphatic carboxylic acids is 2. The fourth-order valence-electron chi connectivity index (χ4n) is 15.9. The van der Waals surface area contributed by atoms with Gasteiger partial charge in [0.25, 0.3) is 0 Å². The molecule has 0 aromatic rings. The summed E-state index contributed by atoms with van der Waals surface area (Å²) < 4.78 is 36.3. The third-order valence-electron chi connectivity index (χ3n) is 19.7. The van der Waals surface area contributed by atoms with Crippen molar-refractivity contribution in [1.82, 2.24) is 0 Å². The van der Waals surface area contributed by atoms with Gasteiger partial charge < -0.3 is 79.5 Å². The molecule has 8 aliphatic rings. The summed E-state index contributed by atoms with van der Waals surface area (Å²) >= 11 is 0. The molecule has 0 bridgehead atoms. The first-order valence-corrected chi connectivity index (χ1v) is 24.2. The Kier molecular flexibility index (Phi) is 13.6. The highest BCUT2D eigenvalue weighted by molar-refractivity contribution is 5.76. The van der Waals surface area contributed by atoms with Crippen molar-refractivity contribution in [2.75, 3.05) is 6.61 Å².